The Morgan fingerprint density at radius 1 is 1.07 bits per heavy atom. The largest absolute Gasteiger partial charge is 0.336 e. The van der Waals surface area contributed by atoms with E-state index < -0.39 is 15.9 Å². The van der Waals surface area contributed by atoms with Gasteiger partial charge in [-0.15, -0.1) is 0 Å². The summed E-state index contributed by atoms with van der Waals surface area (Å²) in [6.45, 7) is 4.06. The van der Waals surface area contributed by atoms with Crippen molar-refractivity contribution < 1.29 is 18.0 Å². The number of anilines is 1. The first kappa shape index (κ1) is 20.4. The van der Waals surface area contributed by atoms with Gasteiger partial charge in [0.05, 0.1) is 4.90 Å². The highest BCUT2D eigenvalue weighted by molar-refractivity contribution is 7.89. The minimum absolute atomic E-state index is 0.0452. The number of urea groups is 1. The first-order valence-corrected chi connectivity index (χ1v) is 9.77. The predicted octanol–water partition coefficient (Wildman–Crippen LogP) is 1.79. The summed E-state index contributed by atoms with van der Waals surface area (Å²) in [6.07, 6.45) is 0. The summed E-state index contributed by atoms with van der Waals surface area (Å²) in [6, 6.07) is 12.2. The maximum absolute atomic E-state index is 12.3. The fourth-order valence-corrected chi connectivity index (χ4v) is 2.78. The number of nitrogens with two attached hydrogens (primary N) is 1. The van der Waals surface area contributed by atoms with Gasteiger partial charge in [0.15, 0.2) is 0 Å². The topological polar surface area (TPSA) is 130 Å². The predicted molar refractivity (Wildman–Crippen MR) is 103 cm³/mol. The summed E-state index contributed by atoms with van der Waals surface area (Å²) < 4.78 is 22.8. The van der Waals surface area contributed by atoms with Crippen LogP contribution in [0.2, 0.25) is 0 Å². The third-order valence-electron chi connectivity index (χ3n) is 3.51. The molecule has 144 valence electrons. The van der Waals surface area contributed by atoms with Crippen LogP contribution >= 0.6 is 0 Å². The van der Waals surface area contributed by atoms with Crippen molar-refractivity contribution in [3.05, 3.63) is 59.7 Å². The lowest BCUT2D eigenvalue weighted by Crippen LogP contribution is -2.39. The zero-order valence-electron chi connectivity index (χ0n) is 15.0. The van der Waals surface area contributed by atoms with Crippen LogP contribution in [-0.2, 0) is 16.6 Å². The summed E-state index contributed by atoms with van der Waals surface area (Å²) in [5, 5.41) is 13.1. The van der Waals surface area contributed by atoms with Crippen molar-refractivity contribution >= 4 is 27.6 Å². The number of carbonyl (C=O) groups excluding carboxylic acids is 2. The molecule has 8 nitrogen and oxygen atoms in total. The summed E-state index contributed by atoms with van der Waals surface area (Å²) in [5.41, 5.74) is 1.55. The molecule has 0 saturated carbocycles. The quantitative estimate of drug-likeness (QED) is 0.599. The lowest BCUT2D eigenvalue weighted by atomic mass is 10.1. The molecule has 2 rings (SSSR count). The summed E-state index contributed by atoms with van der Waals surface area (Å²) >= 11 is 0. The Kier molecular flexibility index (Phi) is 6.54. The minimum Gasteiger partial charge on any atom is -0.336 e. The molecule has 0 unspecified atom stereocenters. The SMILES string of the molecule is CC(C)NC(=O)NCc1ccc(C(=O)Nc2cccc(S(N)(=O)=O)c2)cc1. The normalized spacial score (nSPS) is 11.1. The van der Waals surface area contributed by atoms with Crippen molar-refractivity contribution in [2.24, 2.45) is 5.14 Å². The number of amides is 3. The van der Waals surface area contributed by atoms with Crippen LogP contribution in [0.25, 0.3) is 0 Å². The first-order chi connectivity index (χ1) is 12.6. The van der Waals surface area contributed by atoms with Crippen LogP contribution in [0.1, 0.15) is 29.8 Å². The molecule has 0 aromatic heterocycles. The number of hydrogen-bond acceptors (Lipinski definition) is 4. The zero-order chi connectivity index (χ0) is 20.0. The molecule has 3 amide bonds. The van der Waals surface area contributed by atoms with E-state index in [1.54, 1.807) is 30.3 Å². The Bertz CT molecular complexity index is 925. The van der Waals surface area contributed by atoms with E-state index in [9.17, 15) is 18.0 Å². The molecule has 0 fully saturated rings. The van der Waals surface area contributed by atoms with Gasteiger partial charge in [-0.05, 0) is 49.7 Å². The van der Waals surface area contributed by atoms with Crippen LogP contribution in [0.3, 0.4) is 0 Å². The van der Waals surface area contributed by atoms with E-state index in [0.29, 0.717) is 17.8 Å². The molecule has 5 N–H and O–H groups in total. The summed E-state index contributed by atoms with van der Waals surface area (Å²) in [5.74, 6) is -0.390. The van der Waals surface area contributed by atoms with Crippen molar-refractivity contribution in [1.82, 2.24) is 10.6 Å². The Morgan fingerprint density at radius 2 is 1.74 bits per heavy atom. The monoisotopic (exact) mass is 390 g/mol. The van der Waals surface area contributed by atoms with Gasteiger partial charge in [0.25, 0.3) is 5.91 Å². The van der Waals surface area contributed by atoms with Crippen LogP contribution in [0, 0.1) is 0 Å². The van der Waals surface area contributed by atoms with E-state index in [2.05, 4.69) is 16.0 Å². The molecule has 0 aliphatic rings. The van der Waals surface area contributed by atoms with Gasteiger partial charge in [-0.2, -0.15) is 0 Å². The third-order valence-corrected chi connectivity index (χ3v) is 4.42. The molecule has 0 heterocycles. The standard InChI is InChI=1S/C18H22N4O4S/c1-12(2)21-18(24)20-11-13-6-8-14(9-7-13)17(23)22-15-4-3-5-16(10-15)27(19,25)26/h3-10,12H,11H2,1-2H3,(H,22,23)(H2,19,25,26)(H2,20,21,24). The fraction of sp³-hybridized carbons (Fsp3) is 0.222. The molecule has 27 heavy (non-hydrogen) atoms. The molecule has 0 aliphatic heterocycles. The molecule has 0 saturated heterocycles. The summed E-state index contributed by atoms with van der Waals surface area (Å²) in [4.78, 5) is 23.8. The maximum Gasteiger partial charge on any atom is 0.315 e. The van der Waals surface area contributed by atoms with Crippen LogP contribution in [0.15, 0.2) is 53.4 Å². The van der Waals surface area contributed by atoms with Gasteiger partial charge in [0.1, 0.15) is 0 Å². The smallest absolute Gasteiger partial charge is 0.315 e. The number of hydrogen-bond donors (Lipinski definition) is 4. The number of rotatable bonds is 6. The van der Waals surface area contributed by atoms with Crippen LogP contribution in [0.4, 0.5) is 10.5 Å². The van der Waals surface area contributed by atoms with E-state index in [0.717, 1.165) is 5.56 Å². The second-order valence-corrected chi connectivity index (χ2v) is 7.77. The van der Waals surface area contributed by atoms with E-state index in [4.69, 9.17) is 5.14 Å². The van der Waals surface area contributed by atoms with Gasteiger partial charge in [-0.1, -0.05) is 18.2 Å². The lowest BCUT2D eigenvalue weighted by molar-refractivity contribution is 0.102. The zero-order valence-corrected chi connectivity index (χ0v) is 15.8. The average Bonchev–Trinajstić information content (AvgIpc) is 2.59. The van der Waals surface area contributed by atoms with Gasteiger partial charge >= 0.3 is 6.03 Å². The van der Waals surface area contributed by atoms with Crippen LogP contribution < -0.4 is 21.1 Å². The Hall–Kier alpha value is -2.91. The minimum atomic E-state index is -3.84. The molecule has 0 spiro atoms. The van der Waals surface area contributed by atoms with Crippen molar-refractivity contribution in [2.75, 3.05) is 5.32 Å². The van der Waals surface area contributed by atoms with Gasteiger partial charge < -0.3 is 16.0 Å². The number of primary sulfonamides is 1. The second-order valence-electron chi connectivity index (χ2n) is 6.21. The number of benzene rings is 2. The molecule has 9 heteroatoms. The number of sulfonamides is 1. The van der Waals surface area contributed by atoms with E-state index >= 15 is 0 Å². The van der Waals surface area contributed by atoms with Crippen LogP contribution in [-0.4, -0.2) is 26.4 Å². The molecule has 0 bridgehead atoms. The maximum atomic E-state index is 12.3. The van der Waals surface area contributed by atoms with Crippen molar-refractivity contribution in [2.45, 2.75) is 31.3 Å². The number of carbonyl (C=O) groups is 2. The van der Waals surface area contributed by atoms with E-state index in [1.807, 2.05) is 13.8 Å². The third kappa shape index (κ3) is 6.39. The van der Waals surface area contributed by atoms with Crippen LogP contribution in [0.5, 0.6) is 0 Å². The van der Waals surface area contributed by atoms with Crippen molar-refractivity contribution in [1.29, 1.82) is 0 Å². The average molecular weight is 390 g/mol. The molecular formula is C18H22N4O4S. The molecular weight excluding hydrogens is 368 g/mol. The molecule has 0 aliphatic carbocycles. The Balaban J connectivity index is 1.99. The lowest BCUT2D eigenvalue weighted by Gasteiger charge is -2.10. The molecule has 0 atom stereocenters. The van der Waals surface area contributed by atoms with Crippen molar-refractivity contribution in [3.8, 4) is 0 Å². The molecule has 2 aromatic carbocycles. The van der Waals surface area contributed by atoms with Gasteiger partial charge in [0, 0.05) is 23.8 Å². The highest BCUT2D eigenvalue weighted by atomic mass is 32.2. The molecule has 2 aromatic rings. The first-order valence-electron chi connectivity index (χ1n) is 8.22. The Labute approximate surface area is 158 Å². The van der Waals surface area contributed by atoms with E-state index in [-0.39, 0.29) is 17.0 Å². The van der Waals surface area contributed by atoms with E-state index in [1.165, 1.54) is 18.2 Å². The van der Waals surface area contributed by atoms with Gasteiger partial charge in [0.2, 0.25) is 10.0 Å². The van der Waals surface area contributed by atoms with Gasteiger partial charge in [-0.3, -0.25) is 4.79 Å². The summed E-state index contributed by atoms with van der Waals surface area (Å²) in [7, 11) is -3.84. The fourth-order valence-electron chi connectivity index (χ4n) is 2.22. The van der Waals surface area contributed by atoms with Gasteiger partial charge in [-0.25, -0.2) is 18.4 Å². The second kappa shape index (κ2) is 8.65. The highest BCUT2D eigenvalue weighted by Gasteiger charge is 2.11. The highest BCUT2D eigenvalue weighted by Crippen LogP contribution is 2.15. The molecule has 0 radical (unpaired) electrons. The Morgan fingerprint density at radius 3 is 2.33 bits per heavy atom. The number of nitrogens with one attached hydrogen (secondary N) is 3. The van der Waals surface area contributed by atoms with Crippen molar-refractivity contribution in [3.63, 3.8) is 0 Å².